The van der Waals surface area contributed by atoms with Crippen LogP contribution in [0.25, 0.3) is 0 Å². The Balaban J connectivity index is 1.88. The number of carbonyl (C=O) groups is 1. The molecule has 3 N–H and O–H groups in total. The summed E-state index contributed by atoms with van der Waals surface area (Å²) in [6.45, 7) is 2.33. The van der Waals surface area contributed by atoms with Gasteiger partial charge < -0.3 is 11.1 Å². The molecule has 18 heavy (non-hydrogen) atoms. The highest BCUT2D eigenvalue weighted by Crippen LogP contribution is 2.47. The average molecular weight is 250 g/mol. The molecular weight excluding hydrogens is 231 g/mol. The lowest BCUT2D eigenvalue weighted by molar-refractivity contribution is -0.122. The molecule has 1 aromatic carbocycles. The normalized spacial score (nSPS) is 18.2. The van der Waals surface area contributed by atoms with Crippen LogP contribution in [-0.4, -0.2) is 18.5 Å². The van der Waals surface area contributed by atoms with Gasteiger partial charge in [0.1, 0.15) is 5.82 Å². The van der Waals surface area contributed by atoms with Crippen LogP contribution < -0.4 is 11.1 Å². The van der Waals surface area contributed by atoms with Gasteiger partial charge >= 0.3 is 0 Å². The number of amides is 1. The summed E-state index contributed by atoms with van der Waals surface area (Å²) in [7, 11) is 0. The fourth-order valence-electron chi connectivity index (χ4n) is 2.06. The van der Waals surface area contributed by atoms with Crippen LogP contribution in [0.15, 0.2) is 24.3 Å². The van der Waals surface area contributed by atoms with Gasteiger partial charge in [-0.15, -0.1) is 0 Å². The van der Waals surface area contributed by atoms with Crippen molar-refractivity contribution in [1.29, 1.82) is 0 Å². The Bertz CT molecular complexity index is 424. The van der Waals surface area contributed by atoms with Crippen LogP contribution in [0.2, 0.25) is 0 Å². The van der Waals surface area contributed by atoms with Gasteiger partial charge in [-0.2, -0.15) is 0 Å². The van der Waals surface area contributed by atoms with E-state index in [4.69, 9.17) is 5.73 Å². The molecule has 0 aromatic heterocycles. The van der Waals surface area contributed by atoms with E-state index in [2.05, 4.69) is 5.32 Å². The fraction of sp³-hybridized carbons (Fsp3) is 0.500. The molecule has 3 nitrogen and oxygen atoms in total. The molecule has 0 radical (unpaired) electrons. The van der Waals surface area contributed by atoms with Crippen LogP contribution in [0, 0.1) is 11.2 Å². The molecule has 0 aliphatic heterocycles. The Hall–Kier alpha value is -1.42. The topological polar surface area (TPSA) is 55.1 Å². The second-order valence-corrected chi connectivity index (χ2v) is 5.31. The van der Waals surface area contributed by atoms with Gasteiger partial charge in [0.05, 0.1) is 6.04 Å². The Labute approximate surface area is 107 Å². The first-order chi connectivity index (χ1) is 8.51. The van der Waals surface area contributed by atoms with Gasteiger partial charge in [0, 0.05) is 6.54 Å². The van der Waals surface area contributed by atoms with E-state index in [1.807, 2.05) is 12.1 Å². The summed E-state index contributed by atoms with van der Waals surface area (Å²) in [5, 5.41) is 2.88. The van der Waals surface area contributed by atoms with Crippen molar-refractivity contribution in [3.63, 3.8) is 0 Å². The standard InChI is InChI=1S/C14H19FN2O/c1-10(16)13(18)17-9-14(6-7-14)8-11-2-4-12(15)5-3-11/h2-5,10H,6-9,16H2,1H3,(H,17,18). The molecule has 1 amide bonds. The molecular formula is C14H19FN2O. The van der Waals surface area contributed by atoms with E-state index in [1.165, 1.54) is 12.1 Å². The number of benzene rings is 1. The van der Waals surface area contributed by atoms with Crippen LogP contribution >= 0.6 is 0 Å². The number of halogens is 1. The van der Waals surface area contributed by atoms with Crippen LogP contribution in [0.3, 0.4) is 0 Å². The second kappa shape index (κ2) is 5.06. The number of hydrogen-bond acceptors (Lipinski definition) is 2. The van der Waals surface area contributed by atoms with Crippen molar-refractivity contribution in [2.75, 3.05) is 6.54 Å². The first-order valence-corrected chi connectivity index (χ1v) is 6.29. The summed E-state index contributed by atoms with van der Waals surface area (Å²) < 4.78 is 12.8. The van der Waals surface area contributed by atoms with Crippen LogP contribution in [0.1, 0.15) is 25.3 Å². The molecule has 4 heteroatoms. The minimum Gasteiger partial charge on any atom is -0.354 e. The molecule has 98 valence electrons. The molecule has 1 atom stereocenters. The zero-order valence-corrected chi connectivity index (χ0v) is 10.6. The smallest absolute Gasteiger partial charge is 0.236 e. The number of carbonyl (C=O) groups excluding carboxylic acids is 1. The lowest BCUT2D eigenvalue weighted by Crippen LogP contribution is -2.41. The number of nitrogens with one attached hydrogen (secondary N) is 1. The summed E-state index contributed by atoms with van der Waals surface area (Å²) in [5.41, 5.74) is 6.77. The van der Waals surface area contributed by atoms with Gasteiger partial charge in [0.15, 0.2) is 0 Å². The minimum atomic E-state index is -0.466. The summed E-state index contributed by atoms with van der Waals surface area (Å²) in [5.74, 6) is -0.325. The number of nitrogens with two attached hydrogens (primary N) is 1. The predicted octanol–water partition coefficient (Wildman–Crippen LogP) is 1.61. The summed E-state index contributed by atoms with van der Waals surface area (Å²) in [6.07, 6.45) is 3.08. The van der Waals surface area contributed by atoms with Crippen molar-refractivity contribution in [2.45, 2.75) is 32.2 Å². The molecule has 2 rings (SSSR count). The SMILES string of the molecule is CC(N)C(=O)NCC1(Cc2ccc(F)cc2)CC1. The van der Waals surface area contributed by atoms with E-state index in [0.717, 1.165) is 24.8 Å². The van der Waals surface area contributed by atoms with Gasteiger partial charge in [-0.05, 0) is 49.3 Å². The maximum absolute atomic E-state index is 12.8. The molecule has 1 aromatic rings. The highest BCUT2D eigenvalue weighted by molar-refractivity contribution is 5.81. The van der Waals surface area contributed by atoms with Crippen molar-refractivity contribution in [2.24, 2.45) is 11.1 Å². The van der Waals surface area contributed by atoms with Crippen molar-refractivity contribution >= 4 is 5.91 Å². The Kier molecular flexibility index (Phi) is 3.66. The second-order valence-electron chi connectivity index (χ2n) is 5.31. The van der Waals surface area contributed by atoms with E-state index in [9.17, 15) is 9.18 Å². The third-order valence-electron chi connectivity index (χ3n) is 3.50. The van der Waals surface area contributed by atoms with Crippen molar-refractivity contribution in [3.8, 4) is 0 Å². The van der Waals surface area contributed by atoms with E-state index in [-0.39, 0.29) is 17.1 Å². The molecule has 0 saturated heterocycles. The summed E-state index contributed by atoms with van der Waals surface area (Å²) >= 11 is 0. The molecule has 1 aliphatic carbocycles. The van der Waals surface area contributed by atoms with Gasteiger partial charge in [0.2, 0.25) is 5.91 Å². The molecule has 0 bridgehead atoms. The zero-order valence-electron chi connectivity index (χ0n) is 10.6. The van der Waals surface area contributed by atoms with E-state index < -0.39 is 6.04 Å². The fourth-order valence-corrected chi connectivity index (χ4v) is 2.06. The molecule has 1 fully saturated rings. The monoisotopic (exact) mass is 250 g/mol. The minimum absolute atomic E-state index is 0.111. The third kappa shape index (κ3) is 3.29. The molecule has 1 aliphatic rings. The maximum atomic E-state index is 12.8. The molecule has 0 spiro atoms. The van der Waals surface area contributed by atoms with E-state index in [1.54, 1.807) is 6.92 Å². The van der Waals surface area contributed by atoms with E-state index >= 15 is 0 Å². The first-order valence-electron chi connectivity index (χ1n) is 6.29. The van der Waals surface area contributed by atoms with Crippen LogP contribution in [-0.2, 0) is 11.2 Å². The van der Waals surface area contributed by atoms with Gasteiger partial charge in [0.25, 0.3) is 0 Å². The number of hydrogen-bond donors (Lipinski definition) is 2. The van der Waals surface area contributed by atoms with E-state index in [0.29, 0.717) is 6.54 Å². The van der Waals surface area contributed by atoms with Crippen LogP contribution in [0.5, 0.6) is 0 Å². The third-order valence-corrected chi connectivity index (χ3v) is 3.50. The highest BCUT2D eigenvalue weighted by Gasteiger charge is 2.42. The predicted molar refractivity (Wildman–Crippen MR) is 68.4 cm³/mol. The molecule has 1 unspecified atom stereocenters. The largest absolute Gasteiger partial charge is 0.354 e. The van der Waals surface area contributed by atoms with Crippen molar-refractivity contribution in [3.05, 3.63) is 35.6 Å². The van der Waals surface area contributed by atoms with Gasteiger partial charge in [-0.1, -0.05) is 12.1 Å². The Morgan fingerprint density at radius 3 is 2.56 bits per heavy atom. The highest BCUT2D eigenvalue weighted by atomic mass is 19.1. The maximum Gasteiger partial charge on any atom is 0.236 e. The lowest BCUT2D eigenvalue weighted by Gasteiger charge is -2.17. The zero-order chi connectivity index (χ0) is 13.2. The Morgan fingerprint density at radius 2 is 2.06 bits per heavy atom. The van der Waals surface area contributed by atoms with Crippen molar-refractivity contribution < 1.29 is 9.18 Å². The van der Waals surface area contributed by atoms with Gasteiger partial charge in [-0.25, -0.2) is 4.39 Å². The van der Waals surface area contributed by atoms with Crippen molar-refractivity contribution in [1.82, 2.24) is 5.32 Å². The van der Waals surface area contributed by atoms with Gasteiger partial charge in [-0.3, -0.25) is 4.79 Å². The molecule has 1 saturated carbocycles. The summed E-state index contributed by atoms with van der Waals surface area (Å²) in [6, 6.07) is 6.11. The quantitative estimate of drug-likeness (QED) is 0.834. The Morgan fingerprint density at radius 1 is 1.44 bits per heavy atom. The average Bonchev–Trinajstić information content (AvgIpc) is 3.09. The summed E-state index contributed by atoms with van der Waals surface area (Å²) in [4.78, 5) is 11.4. The lowest BCUT2D eigenvalue weighted by atomic mass is 9.96. The molecule has 0 heterocycles. The number of rotatable bonds is 5. The first kappa shape index (κ1) is 13.0. The van der Waals surface area contributed by atoms with Crippen LogP contribution in [0.4, 0.5) is 4.39 Å².